The molecular formula is C24H24ClFN6O. The van der Waals surface area contributed by atoms with Gasteiger partial charge in [0.1, 0.15) is 11.6 Å². The minimum absolute atomic E-state index is 0.340. The van der Waals surface area contributed by atoms with Crippen molar-refractivity contribution < 1.29 is 9.13 Å². The Morgan fingerprint density at radius 3 is 2.70 bits per heavy atom. The first kappa shape index (κ1) is 21.8. The van der Waals surface area contributed by atoms with Gasteiger partial charge in [-0.25, -0.2) is 18.9 Å². The quantitative estimate of drug-likeness (QED) is 0.454. The SMILES string of the molecule is Cc1nc2c(CN3CCOCC3)cc(Nc3ccccn3)nn2c1Cc1ccc(Cl)cc1F. The Morgan fingerprint density at radius 2 is 1.94 bits per heavy atom. The molecule has 170 valence electrons. The molecule has 0 saturated carbocycles. The van der Waals surface area contributed by atoms with Gasteiger partial charge in [0.15, 0.2) is 11.5 Å². The lowest BCUT2D eigenvalue weighted by atomic mass is 10.1. The van der Waals surface area contributed by atoms with E-state index in [9.17, 15) is 4.39 Å². The molecule has 0 unspecified atom stereocenters. The fourth-order valence-electron chi connectivity index (χ4n) is 4.03. The summed E-state index contributed by atoms with van der Waals surface area (Å²) in [7, 11) is 0. The van der Waals surface area contributed by atoms with Crippen molar-refractivity contribution in [3.05, 3.63) is 82.0 Å². The summed E-state index contributed by atoms with van der Waals surface area (Å²) < 4.78 is 21.9. The highest BCUT2D eigenvalue weighted by Gasteiger charge is 2.20. The Labute approximate surface area is 196 Å². The molecule has 1 saturated heterocycles. The topological polar surface area (TPSA) is 67.6 Å². The van der Waals surface area contributed by atoms with Gasteiger partial charge in [0, 0.05) is 42.8 Å². The van der Waals surface area contributed by atoms with Crippen molar-refractivity contribution in [2.24, 2.45) is 0 Å². The number of benzene rings is 1. The molecule has 1 aromatic carbocycles. The Morgan fingerprint density at radius 1 is 1.09 bits per heavy atom. The predicted octanol–water partition coefficient (Wildman–Crippen LogP) is 4.39. The van der Waals surface area contributed by atoms with Gasteiger partial charge in [0.25, 0.3) is 0 Å². The summed E-state index contributed by atoms with van der Waals surface area (Å²) in [6, 6.07) is 12.4. The largest absolute Gasteiger partial charge is 0.379 e. The van der Waals surface area contributed by atoms with Crippen molar-refractivity contribution in [3.63, 3.8) is 0 Å². The van der Waals surface area contributed by atoms with Crippen LogP contribution in [0.3, 0.4) is 0 Å². The number of nitrogens with one attached hydrogen (secondary N) is 1. The minimum Gasteiger partial charge on any atom is -0.379 e. The number of aryl methyl sites for hydroxylation is 1. The minimum atomic E-state index is -0.340. The summed E-state index contributed by atoms with van der Waals surface area (Å²) >= 11 is 5.94. The number of fused-ring (bicyclic) bond motifs is 1. The number of pyridine rings is 1. The number of hydrogen-bond acceptors (Lipinski definition) is 6. The molecule has 1 N–H and O–H groups in total. The highest BCUT2D eigenvalue weighted by atomic mass is 35.5. The number of anilines is 2. The van der Waals surface area contributed by atoms with Crippen LogP contribution in [0, 0.1) is 12.7 Å². The molecule has 4 aromatic rings. The summed E-state index contributed by atoms with van der Waals surface area (Å²) in [6.45, 7) is 5.81. The maximum Gasteiger partial charge on any atom is 0.158 e. The van der Waals surface area contributed by atoms with Crippen LogP contribution >= 0.6 is 11.6 Å². The third-order valence-corrected chi connectivity index (χ3v) is 5.98. The van der Waals surface area contributed by atoms with Gasteiger partial charge in [0.05, 0.1) is 24.6 Å². The van der Waals surface area contributed by atoms with Crippen LogP contribution in [-0.2, 0) is 17.7 Å². The van der Waals surface area contributed by atoms with E-state index >= 15 is 0 Å². The van der Waals surface area contributed by atoms with E-state index in [0.717, 1.165) is 55.4 Å². The fourth-order valence-corrected chi connectivity index (χ4v) is 4.19. The Kier molecular flexibility index (Phi) is 6.22. The molecule has 0 spiro atoms. The number of aromatic nitrogens is 4. The monoisotopic (exact) mass is 466 g/mol. The molecule has 0 radical (unpaired) electrons. The van der Waals surface area contributed by atoms with Crippen molar-refractivity contribution >= 4 is 28.9 Å². The smallest absolute Gasteiger partial charge is 0.158 e. The lowest BCUT2D eigenvalue weighted by Crippen LogP contribution is -2.35. The highest BCUT2D eigenvalue weighted by Crippen LogP contribution is 2.25. The van der Waals surface area contributed by atoms with Gasteiger partial charge < -0.3 is 10.1 Å². The Bertz CT molecular complexity index is 1270. The van der Waals surface area contributed by atoms with Crippen LogP contribution in [0.2, 0.25) is 5.02 Å². The predicted molar refractivity (Wildman–Crippen MR) is 126 cm³/mol. The average Bonchev–Trinajstić information content (AvgIpc) is 3.12. The second kappa shape index (κ2) is 9.43. The zero-order valence-electron chi connectivity index (χ0n) is 18.3. The Hall–Kier alpha value is -3.07. The van der Waals surface area contributed by atoms with E-state index < -0.39 is 0 Å². The van der Waals surface area contributed by atoms with Gasteiger partial charge in [-0.15, -0.1) is 5.10 Å². The lowest BCUT2D eigenvalue weighted by molar-refractivity contribution is 0.0343. The zero-order chi connectivity index (χ0) is 22.8. The van der Waals surface area contributed by atoms with Gasteiger partial charge in [-0.1, -0.05) is 23.7 Å². The summed E-state index contributed by atoms with van der Waals surface area (Å²) in [6.07, 6.45) is 2.08. The van der Waals surface area contributed by atoms with E-state index in [4.69, 9.17) is 26.4 Å². The van der Waals surface area contributed by atoms with Gasteiger partial charge in [-0.2, -0.15) is 0 Å². The van der Waals surface area contributed by atoms with Crippen LogP contribution in [0.4, 0.5) is 16.0 Å². The molecule has 1 aliphatic heterocycles. The van der Waals surface area contributed by atoms with Crippen LogP contribution in [0.15, 0.2) is 48.7 Å². The molecule has 3 aromatic heterocycles. The van der Waals surface area contributed by atoms with Crippen LogP contribution in [0.25, 0.3) is 5.65 Å². The number of rotatable bonds is 6. The molecule has 5 rings (SSSR count). The fraction of sp³-hybridized carbons (Fsp3) is 0.292. The summed E-state index contributed by atoms with van der Waals surface area (Å²) in [4.78, 5) is 11.5. The maximum absolute atomic E-state index is 14.6. The van der Waals surface area contributed by atoms with E-state index in [1.54, 1.807) is 18.3 Å². The summed E-state index contributed by atoms with van der Waals surface area (Å²) in [5.74, 6) is 1.01. The number of nitrogens with zero attached hydrogens (tertiary/aromatic N) is 5. The molecule has 33 heavy (non-hydrogen) atoms. The van der Waals surface area contributed by atoms with Crippen molar-refractivity contribution in [3.8, 4) is 0 Å². The lowest BCUT2D eigenvalue weighted by Gasteiger charge is -2.26. The third kappa shape index (κ3) is 4.83. The van der Waals surface area contributed by atoms with Gasteiger partial charge in [-0.05, 0) is 42.8 Å². The molecule has 0 aliphatic carbocycles. The van der Waals surface area contributed by atoms with Crippen LogP contribution in [-0.4, -0.2) is 50.8 Å². The second-order valence-electron chi connectivity index (χ2n) is 8.08. The number of morpholine rings is 1. The van der Waals surface area contributed by atoms with Crippen LogP contribution < -0.4 is 5.32 Å². The first-order chi connectivity index (χ1) is 16.1. The van der Waals surface area contributed by atoms with E-state index in [2.05, 4.69) is 15.2 Å². The molecular weight excluding hydrogens is 443 g/mol. The average molecular weight is 467 g/mol. The van der Waals surface area contributed by atoms with Gasteiger partial charge in [-0.3, -0.25) is 4.90 Å². The number of halogens is 2. The molecule has 7 nitrogen and oxygen atoms in total. The third-order valence-electron chi connectivity index (χ3n) is 5.75. The Balaban J connectivity index is 1.57. The molecule has 1 aliphatic rings. The maximum atomic E-state index is 14.6. The summed E-state index contributed by atoms with van der Waals surface area (Å²) in [5, 5.41) is 8.46. The number of ether oxygens (including phenoxy) is 1. The molecule has 0 amide bonds. The van der Waals surface area contributed by atoms with Crippen molar-refractivity contribution in [2.75, 3.05) is 31.6 Å². The van der Waals surface area contributed by atoms with E-state index in [1.165, 1.54) is 6.07 Å². The second-order valence-corrected chi connectivity index (χ2v) is 8.51. The van der Waals surface area contributed by atoms with Crippen LogP contribution in [0.1, 0.15) is 22.5 Å². The molecule has 0 bridgehead atoms. The molecule has 9 heteroatoms. The first-order valence-electron chi connectivity index (χ1n) is 10.9. The van der Waals surface area contributed by atoms with E-state index in [1.807, 2.05) is 35.7 Å². The summed E-state index contributed by atoms with van der Waals surface area (Å²) in [5.41, 5.74) is 4.00. The number of hydrogen-bond donors (Lipinski definition) is 1. The van der Waals surface area contributed by atoms with Crippen molar-refractivity contribution in [1.29, 1.82) is 0 Å². The standard InChI is InChI=1S/C24H24ClFN6O/c1-16-21(12-17-5-6-19(25)14-20(17)26)32-24(28-16)18(15-31-8-10-33-11-9-31)13-23(30-32)29-22-4-2-3-7-27-22/h2-7,13-14H,8-12,15H2,1H3,(H,27,29,30). The van der Waals surface area contributed by atoms with E-state index in [0.29, 0.717) is 28.6 Å². The number of imidazole rings is 1. The first-order valence-corrected chi connectivity index (χ1v) is 11.2. The zero-order valence-corrected chi connectivity index (χ0v) is 19.0. The molecule has 4 heterocycles. The van der Waals surface area contributed by atoms with E-state index in [-0.39, 0.29) is 5.82 Å². The van der Waals surface area contributed by atoms with Crippen molar-refractivity contribution in [1.82, 2.24) is 24.5 Å². The highest BCUT2D eigenvalue weighted by molar-refractivity contribution is 6.30. The van der Waals surface area contributed by atoms with Gasteiger partial charge in [0.2, 0.25) is 0 Å². The van der Waals surface area contributed by atoms with Crippen LogP contribution in [0.5, 0.6) is 0 Å². The van der Waals surface area contributed by atoms with Crippen molar-refractivity contribution in [2.45, 2.75) is 19.9 Å². The molecule has 0 atom stereocenters. The molecule has 1 fully saturated rings. The normalized spacial score (nSPS) is 14.6. The van der Waals surface area contributed by atoms with Gasteiger partial charge >= 0.3 is 0 Å².